The lowest BCUT2D eigenvalue weighted by Crippen LogP contribution is -2.22. The number of anilines is 1. The van der Waals surface area contributed by atoms with E-state index in [4.69, 9.17) is 5.11 Å². The number of aromatic nitrogens is 2. The number of likely N-dealkylation sites (N-methyl/N-ethyl adjacent to an activating group) is 1. The van der Waals surface area contributed by atoms with Gasteiger partial charge in [-0.2, -0.15) is 0 Å². The molecule has 0 saturated heterocycles. The van der Waals surface area contributed by atoms with Crippen LogP contribution in [0.4, 0.5) is 5.82 Å². The highest BCUT2D eigenvalue weighted by molar-refractivity contribution is 7.18. The van der Waals surface area contributed by atoms with Gasteiger partial charge in [-0.25, -0.2) is 9.97 Å². The third kappa shape index (κ3) is 1.76. The zero-order valence-electron chi connectivity index (χ0n) is 9.69. The molecule has 0 saturated carbocycles. The highest BCUT2D eigenvalue weighted by Gasteiger charge is 2.14. The van der Waals surface area contributed by atoms with Crippen LogP contribution in [0.15, 0.2) is 6.33 Å². The molecule has 0 aliphatic carbocycles. The highest BCUT2D eigenvalue weighted by atomic mass is 32.1. The largest absolute Gasteiger partial charge is 0.395 e. The average molecular weight is 237 g/mol. The Hall–Kier alpha value is -1.20. The zero-order valence-corrected chi connectivity index (χ0v) is 10.5. The van der Waals surface area contributed by atoms with Crippen LogP contribution < -0.4 is 4.90 Å². The molecule has 4 nitrogen and oxygen atoms in total. The molecule has 2 aromatic heterocycles. The summed E-state index contributed by atoms with van der Waals surface area (Å²) in [6, 6.07) is 0. The van der Waals surface area contributed by atoms with E-state index in [0.29, 0.717) is 6.54 Å². The molecule has 1 N–H and O–H groups in total. The molecule has 0 bridgehead atoms. The zero-order chi connectivity index (χ0) is 11.7. The Balaban J connectivity index is 2.60. The first-order chi connectivity index (χ1) is 7.65. The molecule has 16 heavy (non-hydrogen) atoms. The van der Waals surface area contributed by atoms with E-state index in [2.05, 4.69) is 23.8 Å². The molecule has 2 heterocycles. The fourth-order valence-corrected chi connectivity index (χ4v) is 2.70. The number of nitrogens with zero attached hydrogens (tertiary/aromatic N) is 3. The van der Waals surface area contributed by atoms with Gasteiger partial charge in [0, 0.05) is 18.5 Å². The fourth-order valence-electron chi connectivity index (χ4n) is 1.71. The summed E-state index contributed by atoms with van der Waals surface area (Å²) >= 11 is 1.69. The molecule has 0 amide bonds. The van der Waals surface area contributed by atoms with Crippen LogP contribution in [0, 0.1) is 13.8 Å². The summed E-state index contributed by atoms with van der Waals surface area (Å²) in [6.07, 6.45) is 1.58. The normalized spacial score (nSPS) is 11.0. The van der Waals surface area contributed by atoms with Gasteiger partial charge in [0.2, 0.25) is 0 Å². The van der Waals surface area contributed by atoms with Crippen LogP contribution in [0.25, 0.3) is 10.2 Å². The van der Waals surface area contributed by atoms with Crippen LogP contribution in [0.5, 0.6) is 0 Å². The Morgan fingerprint density at radius 3 is 2.81 bits per heavy atom. The topological polar surface area (TPSA) is 49.2 Å². The number of hydrogen-bond donors (Lipinski definition) is 1. The van der Waals surface area contributed by atoms with Gasteiger partial charge in [-0.15, -0.1) is 11.3 Å². The van der Waals surface area contributed by atoms with Crippen LogP contribution in [-0.2, 0) is 0 Å². The number of aliphatic hydroxyl groups excluding tert-OH is 1. The Morgan fingerprint density at radius 1 is 1.38 bits per heavy atom. The van der Waals surface area contributed by atoms with Gasteiger partial charge in [-0.1, -0.05) is 0 Å². The van der Waals surface area contributed by atoms with Crippen molar-refractivity contribution in [2.75, 3.05) is 25.1 Å². The van der Waals surface area contributed by atoms with Crippen molar-refractivity contribution in [1.29, 1.82) is 0 Å². The summed E-state index contributed by atoms with van der Waals surface area (Å²) in [6.45, 7) is 4.90. The molecule has 2 rings (SSSR count). The second kappa shape index (κ2) is 4.35. The first-order valence-corrected chi connectivity index (χ1v) is 5.99. The number of thiophene rings is 1. The first-order valence-electron chi connectivity index (χ1n) is 5.18. The maximum Gasteiger partial charge on any atom is 0.140 e. The van der Waals surface area contributed by atoms with E-state index in [9.17, 15) is 0 Å². The van der Waals surface area contributed by atoms with Gasteiger partial charge >= 0.3 is 0 Å². The summed E-state index contributed by atoms with van der Waals surface area (Å²) in [5.74, 6) is 0.904. The fraction of sp³-hybridized carbons (Fsp3) is 0.455. The Labute approximate surface area is 98.6 Å². The summed E-state index contributed by atoms with van der Waals surface area (Å²) in [7, 11) is 1.93. The van der Waals surface area contributed by atoms with Crippen molar-refractivity contribution in [3.8, 4) is 0 Å². The first kappa shape index (κ1) is 11.3. The van der Waals surface area contributed by atoms with Gasteiger partial charge in [0.25, 0.3) is 0 Å². The lowest BCUT2D eigenvalue weighted by atomic mass is 10.2. The van der Waals surface area contributed by atoms with Crippen LogP contribution in [0.1, 0.15) is 10.4 Å². The third-order valence-electron chi connectivity index (χ3n) is 2.74. The Kier molecular flexibility index (Phi) is 3.07. The lowest BCUT2D eigenvalue weighted by molar-refractivity contribution is 0.304. The van der Waals surface area contributed by atoms with Crippen LogP contribution in [0.3, 0.4) is 0 Å². The average Bonchev–Trinajstić information content (AvgIpc) is 2.55. The van der Waals surface area contributed by atoms with E-state index in [-0.39, 0.29) is 6.61 Å². The summed E-state index contributed by atoms with van der Waals surface area (Å²) in [4.78, 5) is 12.8. The molecule has 0 atom stereocenters. The highest BCUT2D eigenvalue weighted by Crippen LogP contribution is 2.33. The van der Waals surface area contributed by atoms with Crippen molar-refractivity contribution >= 4 is 27.4 Å². The van der Waals surface area contributed by atoms with Crippen LogP contribution in [-0.4, -0.2) is 35.3 Å². The number of hydrogen-bond acceptors (Lipinski definition) is 5. The smallest absolute Gasteiger partial charge is 0.140 e. The van der Waals surface area contributed by atoms with E-state index in [1.165, 1.54) is 10.4 Å². The van der Waals surface area contributed by atoms with E-state index in [1.807, 2.05) is 11.9 Å². The standard InChI is InChI=1S/C11H15N3OS/c1-7-8(2)16-11-9(7)10(12-6-13-11)14(3)4-5-15/h6,15H,4-5H2,1-3H3. The maximum absolute atomic E-state index is 8.96. The molecule has 0 fully saturated rings. The van der Waals surface area contributed by atoms with Crippen molar-refractivity contribution in [2.45, 2.75) is 13.8 Å². The minimum absolute atomic E-state index is 0.129. The van der Waals surface area contributed by atoms with E-state index in [1.54, 1.807) is 17.7 Å². The van der Waals surface area contributed by atoms with Gasteiger partial charge in [0.15, 0.2) is 0 Å². The lowest BCUT2D eigenvalue weighted by Gasteiger charge is -2.17. The number of fused-ring (bicyclic) bond motifs is 1. The molecule has 0 spiro atoms. The van der Waals surface area contributed by atoms with Crippen LogP contribution in [0.2, 0.25) is 0 Å². The molecule has 0 aliphatic rings. The van der Waals surface area contributed by atoms with Gasteiger partial charge in [0.05, 0.1) is 12.0 Å². The molecule has 0 unspecified atom stereocenters. The monoisotopic (exact) mass is 237 g/mol. The molecule has 0 aromatic carbocycles. The summed E-state index contributed by atoms with van der Waals surface area (Å²) in [5.41, 5.74) is 1.24. The Morgan fingerprint density at radius 2 is 2.12 bits per heavy atom. The molecule has 2 aromatic rings. The second-order valence-electron chi connectivity index (χ2n) is 3.81. The molecule has 0 radical (unpaired) electrons. The maximum atomic E-state index is 8.96. The predicted molar refractivity (Wildman–Crippen MR) is 67.2 cm³/mol. The Bertz CT molecular complexity index is 509. The minimum Gasteiger partial charge on any atom is -0.395 e. The molecular formula is C11H15N3OS. The van der Waals surface area contributed by atoms with Crippen molar-refractivity contribution in [3.63, 3.8) is 0 Å². The molecule has 5 heteroatoms. The summed E-state index contributed by atoms with van der Waals surface area (Å²) in [5, 5.41) is 10.1. The van der Waals surface area contributed by atoms with Crippen LogP contribution >= 0.6 is 11.3 Å². The predicted octanol–water partition coefficient (Wildman–Crippen LogP) is 1.74. The minimum atomic E-state index is 0.129. The third-order valence-corrected chi connectivity index (χ3v) is 3.86. The van der Waals surface area contributed by atoms with E-state index >= 15 is 0 Å². The number of rotatable bonds is 3. The van der Waals surface area contributed by atoms with E-state index in [0.717, 1.165) is 16.0 Å². The van der Waals surface area contributed by atoms with Crippen molar-refractivity contribution in [2.24, 2.45) is 0 Å². The van der Waals surface area contributed by atoms with Gasteiger partial charge in [-0.05, 0) is 19.4 Å². The second-order valence-corrected chi connectivity index (χ2v) is 5.01. The van der Waals surface area contributed by atoms with Gasteiger partial charge < -0.3 is 10.0 Å². The van der Waals surface area contributed by atoms with E-state index < -0.39 is 0 Å². The van der Waals surface area contributed by atoms with Crippen molar-refractivity contribution in [1.82, 2.24) is 9.97 Å². The molecular weight excluding hydrogens is 222 g/mol. The quantitative estimate of drug-likeness (QED) is 0.883. The van der Waals surface area contributed by atoms with Gasteiger partial charge in [0.1, 0.15) is 17.0 Å². The summed E-state index contributed by atoms with van der Waals surface area (Å²) < 4.78 is 0. The number of aliphatic hydroxyl groups is 1. The number of aryl methyl sites for hydroxylation is 2. The molecule has 0 aliphatic heterocycles. The van der Waals surface area contributed by atoms with Crippen molar-refractivity contribution < 1.29 is 5.11 Å². The molecule has 86 valence electrons. The van der Waals surface area contributed by atoms with Gasteiger partial charge in [-0.3, -0.25) is 0 Å². The SMILES string of the molecule is Cc1sc2ncnc(N(C)CCO)c2c1C. The van der Waals surface area contributed by atoms with Crippen molar-refractivity contribution in [3.05, 3.63) is 16.8 Å².